The molecule has 0 unspecified atom stereocenters. The molecule has 0 aliphatic rings. The summed E-state index contributed by atoms with van der Waals surface area (Å²) in [6, 6.07) is 19.7. The molecule has 1 aromatic heterocycles. The maximum Gasteiger partial charge on any atom is 0.252 e. The smallest absolute Gasteiger partial charge is 0.252 e. The molecule has 0 aliphatic carbocycles. The summed E-state index contributed by atoms with van der Waals surface area (Å²) in [7, 11) is 0. The molecule has 5 heteroatoms. The fraction of sp³-hybridized carbons (Fsp3) is 0.100. The molecule has 126 valence electrons. The van der Waals surface area contributed by atoms with Crippen LogP contribution in [0.5, 0.6) is 0 Å². The third kappa shape index (κ3) is 4.90. The summed E-state index contributed by atoms with van der Waals surface area (Å²) in [5, 5.41) is 6.19. The van der Waals surface area contributed by atoms with Gasteiger partial charge in [0.2, 0.25) is 0 Å². The summed E-state index contributed by atoms with van der Waals surface area (Å²) in [4.78, 5) is 16.5. The van der Waals surface area contributed by atoms with Gasteiger partial charge in [0.05, 0.1) is 23.1 Å². The Hall–Kier alpha value is -2.66. The number of carbonyl (C=O) groups is 1. The Kier molecular flexibility index (Phi) is 5.80. The lowest BCUT2D eigenvalue weighted by Crippen LogP contribution is -2.25. The minimum Gasteiger partial charge on any atom is -0.353 e. The molecular weight excluding hydrogens is 378 g/mol. The molecule has 3 aromatic rings. The van der Waals surface area contributed by atoms with Gasteiger partial charge in [-0.3, -0.25) is 9.78 Å². The predicted octanol–water partition coefficient (Wildman–Crippen LogP) is 4.56. The van der Waals surface area contributed by atoms with Gasteiger partial charge < -0.3 is 10.6 Å². The number of carbonyl (C=O) groups excluding carboxylic acids is 1. The van der Waals surface area contributed by atoms with Crippen LogP contribution >= 0.6 is 15.9 Å². The minimum absolute atomic E-state index is 0.126. The molecule has 2 N–H and O–H groups in total. The third-order valence-electron chi connectivity index (χ3n) is 3.70. The SMILES string of the molecule is O=C(NCCc1ccccc1)c1cncc(Nc2ccccc2Br)c1. The Morgan fingerprint density at radius 3 is 2.56 bits per heavy atom. The van der Waals surface area contributed by atoms with Crippen LogP contribution in [0.2, 0.25) is 0 Å². The number of para-hydroxylation sites is 1. The number of benzene rings is 2. The number of halogens is 1. The molecule has 0 aliphatic heterocycles. The van der Waals surface area contributed by atoms with Crippen LogP contribution in [-0.2, 0) is 6.42 Å². The Morgan fingerprint density at radius 2 is 1.76 bits per heavy atom. The van der Waals surface area contributed by atoms with Crippen LogP contribution in [0.15, 0.2) is 77.5 Å². The van der Waals surface area contributed by atoms with Crippen LogP contribution in [0.3, 0.4) is 0 Å². The number of pyridine rings is 1. The first kappa shape index (κ1) is 17.2. The first-order chi connectivity index (χ1) is 12.2. The molecule has 0 bridgehead atoms. The lowest BCUT2D eigenvalue weighted by molar-refractivity contribution is 0.0954. The number of nitrogens with one attached hydrogen (secondary N) is 2. The van der Waals surface area contributed by atoms with Gasteiger partial charge in [-0.25, -0.2) is 0 Å². The highest BCUT2D eigenvalue weighted by Gasteiger charge is 2.07. The van der Waals surface area contributed by atoms with Gasteiger partial charge in [-0.05, 0) is 46.1 Å². The topological polar surface area (TPSA) is 54.0 Å². The average Bonchev–Trinajstić information content (AvgIpc) is 2.65. The molecule has 0 saturated carbocycles. The Balaban J connectivity index is 1.60. The van der Waals surface area contributed by atoms with Crippen molar-refractivity contribution >= 4 is 33.2 Å². The molecule has 1 amide bonds. The Morgan fingerprint density at radius 1 is 1.00 bits per heavy atom. The molecule has 4 nitrogen and oxygen atoms in total. The predicted molar refractivity (Wildman–Crippen MR) is 104 cm³/mol. The first-order valence-electron chi connectivity index (χ1n) is 8.01. The van der Waals surface area contributed by atoms with Crippen LogP contribution in [0, 0.1) is 0 Å². The molecule has 0 saturated heterocycles. The molecule has 0 atom stereocenters. The fourth-order valence-electron chi connectivity index (χ4n) is 2.42. The van der Waals surface area contributed by atoms with Crippen molar-refractivity contribution in [1.82, 2.24) is 10.3 Å². The second-order valence-electron chi connectivity index (χ2n) is 5.56. The van der Waals surface area contributed by atoms with Gasteiger partial charge in [0.25, 0.3) is 5.91 Å². The second-order valence-corrected chi connectivity index (χ2v) is 6.41. The highest BCUT2D eigenvalue weighted by molar-refractivity contribution is 9.10. The molecule has 2 aromatic carbocycles. The minimum atomic E-state index is -0.126. The van der Waals surface area contributed by atoms with Gasteiger partial charge in [-0.1, -0.05) is 42.5 Å². The van der Waals surface area contributed by atoms with Crippen molar-refractivity contribution in [2.75, 3.05) is 11.9 Å². The lowest BCUT2D eigenvalue weighted by Gasteiger charge is -2.10. The number of amides is 1. The van der Waals surface area contributed by atoms with Crippen LogP contribution < -0.4 is 10.6 Å². The number of anilines is 2. The number of hydrogen-bond donors (Lipinski definition) is 2. The van der Waals surface area contributed by atoms with E-state index in [1.807, 2.05) is 42.5 Å². The van der Waals surface area contributed by atoms with E-state index in [9.17, 15) is 4.79 Å². The summed E-state index contributed by atoms with van der Waals surface area (Å²) in [6.07, 6.45) is 4.07. The third-order valence-corrected chi connectivity index (χ3v) is 4.39. The molecular formula is C20H18BrN3O. The molecule has 0 fully saturated rings. The maximum atomic E-state index is 12.3. The van der Waals surface area contributed by atoms with E-state index in [2.05, 4.69) is 43.7 Å². The molecule has 0 spiro atoms. The monoisotopic (exact) mass is 395 g/mol. The largest absolute Gasteiger partial charge is 0.353 e. The maximum absolute atomic E-state index is 12.3. The van der Waals surface area contributed by atoms with E-state index >= 15 is 0 Å². The normalized spacial score (nSPS) is 10.3. The lowest BCUT2D eigenvalue weighted by atomic mass is 10.1. The van der Waals surface area contributed by atoms with E-state index in [0.29, 0.717) is 12.1 Å². The zero-order valence-electron chi connectivity index (χ0n) is 13.6. The van der Waals surface area contributed by atoms with E-state index < -0.39 is 0 Å². The zero-order valence-corrected chi connectivity index (χ0v) is 15.2. The van der Waals surface area contributed by atoms with Crippen molar-refractivity contribution in [2.45, 2.75) is 6.42 Å². The van der Waals surface area contributed by atoms with Crippen LogP contribution in [0.1, 0.15) is 15.9 Å². The summed E-state index contributed by atoms with van der Waals surface area (Å²) < 4.78 is 0.952. The standard InChI is InChI=1S/C20H18BrN3O/c21-18-8-4-5-9-19(18)24-17-12-16(13-22-14-17)20(25)23-11-10-15-6-2-1-3-7-15/h1-9,12-14,24H,10-11H2,(H,23,25). The molecule has 0 radical (unpaired) electrons. The van der Waals surface area contributed by atoms with E-state index in [0.717, 1.165) is 22.3 Å². The molecule has 3 rings (SSSR count). The summed E-state index contributed by atoms with van der Waals surface area (Å²) in [5.41, 5.74) is 3.42. The van der Waals surface area contributed by atoms with Crippen molar-refractivity contribution in [3.8, 4) is 0 Å². The fourth-order valence-corrected chi connectivity index (χ4v) is 2.80. The van der Waals surface area contributed by atoms with Crippen molar-refractivity contribution in [2.24, 2.45) is 0 Å². The number of aromatic nitrogens is 1. The van der Waals surface area contributed by atoms with Gasteiger partial charge in [0, 0.05) is 17.2 Å². The number of hydrogen-bond acceptors (Lipinski definition) is 3. The summed E-state index contributed by atoms with van der Waals surface area (Å²) in [6.45, 7) is 0.588. The highest BCUT2D eigenvalue weighted by Crippen LogP contribution is 2.25. The molecule has 25 heavy (non-hydrogen) atoms. The van der Waals surface area contributed by atoms with Crippen molar-refractivity contribution in [3.05, 3.63) is 88.7 Å². The van der Waals surface area contributed by atoms with Gasteiger partial charge in [0.15, 0.2) is 0 Å². The van der Waals surface area contributed by atoms with Gasteiger partial charge in [0.1, 0.15) is 0 Å². The van der Waals surface area contributed by atoms with Crippen LogP contribution in [-0.4, -0.2) is 17.4 Å². The van der Waals surface area contributed by atoms with Crippen molar-refractivity contribution in [1.29, 1.82) is 0 Å². The number of rotatable bonds is 6. The number of nitrogens with zero attached hydrogens (tertiary/aromatic N) is 1. The Bertz CT molecular complexity index is 852. The van der Waals surface area contributed by atoms with Gasteiger partial charge >= 0.3 is 0 Å². The van der Waals surface area contributed by atoms with Crippen LogP contribution in [0.4, 0.5) is 11.4 Å². The summed E-state index contributed by atoms with van der Waals surface area (Å²) in [5.74, 6) is -0.126. The highest BCUT2D eigenvalue weighted by atomic mass is 79.9. The van der Waals surface area contributed by atoms with Crippen molar-refractivity contribution < 1.29 is 4.79 Å². The average molecular weight is 396 g/mol. The van der Waals surface area contributed by atoms with E-state index in [4.69, 9.17) is 0 Å². The van der Waals surface area contributed by atoms with Crippen LogP contribution in [0.25, 0.3) is 0 Å². The van der Waals surface area contributed by atoms with E-state index in [1.54, 1.807) is 18.5 Å². The van der Waals surface area contributed by atoms with Gasteiger partial charge in [-0.15, -0.1) is 0 Å². The van der Waals surface area contributed by atoms with E-state index in [-0.39, 0.29) is 5.91 Å². The zero-order chi connectivity index (χ0) is 17.5. The Labute approximate surface area is 155 Å². The van der Waals surface area contributed by atoms with E-state index in [1.165, 1.54) is 5.56 Å². The van der Waals surface area contributed by atoms with Crippen molar-refractivity contribution in [3.63, 3.8) is 0 Å². The summed E-state index contributed by atoms with van der Waals surface area (Å²) >= 11 is 3.50. The first-order valence-corrected chi connectivity index (χ1v) is 8.80. The van der Waals surface area contributed by atoms with Gasteiger partial charge in [-0.2, -0.15) is 0 Å². The second kappa shape index (κ2) is 8.44. The quantitative estimate of drug-likeness (QED) is 0.642. The molecule has 1 heterocycles.